The third-order valence-electron chi connectivity index (χ3n) is 6.03. The zero-order chi connectivity index (χ0) is 24.9. The summed E-state index contributed by atoms with van der Waals surface area (Å²) in [4.78, 5) is 34.9. The zero-order valence-electron chi connectivity index (χ0n) is 18.5. The van der Waals surface area contributed by atoms with E-state index in [1.807, 2.05) is 0 Å². The highest BCUT2D eigenvalue weighted by Gasteiger charge is 2.29. The Hall–Kier alpha value is -4.28. The first-order valence-corrected chi connectivity index (χ1v) is 11.0. The van der Waals surface area contributed by atoms with Crippen molar-refractivity contribution in [1.29, 1.82) is 0 Å². The van der Waals surface area contributed by atoms with Gasteiger partial charge in [-0.1, -0.05) is 41.5 Å². The molecule has 1 aliphatic carbocycles. The lowest BCUT2D eigenvalue weighted by Crippen LogP contribution is -2.37. The van der Waals surface area contributed by atoms with Crippen molar-refractivity contribution in [1.82, 2.24) is 15.5 Å². The van der Waals surface area contributed by atoms with Gasteiger partial charge in [0.1, 0.15) is 5.82 Å². The fourth-order valence-corrected chi connectivity index (χ4v) is 4.21. The number of carboxylic acid groups (broad SMARTS) is 2. The van der Waals surface area contributed by atoms with Gasteiger partial charge < -0.3 is 25.3 Å². The molecular weight excluding hydrogens is 459 g/mol. The molecule has 182 valence electrons. The molecule has 4 rings (SSSR count). The van der Waals surface area contributed by atoms with Crippen LogP contribution in [0.3, 0.4) is 0 Å². The van der Waals surface area contributed by atoms with Crippen LogP contribution in [0.1, 0.15) is 59.3 Å². The van der Waals surface area contributed by atoms with E-state index < -0.39 is 29.6 Å². The van der Waals surface area contributed by atoms with Crippen LogP contribution in [-0.4, -0.2) is 44.3 Å². The molecule has 2 aromatic carbocycles. The van der Waals surface area contributed by atoms with Crippen molar-refractivity contribution in [2.75, 3.05) is 5.32 Å². The molecule has 0 atom stereocenters. The van der Waals surface area contributed by atoms with E-state index in [0.29, 0.717) is 12.8 Å². The second-order valence-corrected chi connectivity index (χ2v) is 8.32. The minimum absolute atomic E-state index is 0.0868. The van der Waals surface area contributed by atoms with E-state index in [0.717, 1.165) is 18.4 Å². The number of carbonyl (C=O) groups is 3. The van der Waals surface area contributed by atoms with Gasteiger partial charge in [-0.3, -0.25) is 14.4 Å². The van der Waals surface area contributed by atoms with Gasteiger partial charge >= 0.3 is 29.8 Å². The number of aromatic nitrogens is 2. The number of hydrogen-bond donors (Lipinski definition) is 4. The lowest BCUT2D eigenvalue weighted by Gasteiger charge is -2.29. The molecule has 0 bridgehead atoms. The molecular formula is C24H23FN4O6. The van der Waals surface area contributed by atoms with Crippen molar-refractivity contribution < 1.29 is 33.4 Å². The third kappa shape index (κ3) is 5.62. The molecule has 0 radical (unpaired) electrons. The van der Waals surface area contributed by atoms with Crippen LogP contribution >= 0.6 is 0 Å². The number of rotatable bonds is 8. The fourth-order valence-electron chi connectivity index (χ4n) is 4.21. The maximum atomic E-state index is 13.7. The summed E-state index contributed by atoms with van der Waals surface area (Å²) < 4.78 is 19.0. The van der Waals surface area contributed by atoms with Crippen LogP contribution in [0.15, 0.2) is 52.9 Å². The van der Waals surface area contributed by atoms with Gasteiger partial charge in [0.05, 0.1) is 5.69 Å². The van der Waals surface area contributed by atoms with Gasteiger partial charge in [0.25, 0.3) is 0 Å². The number of nitrogens with zero attached hydrogens (tertiary/aromatic N) is 2. The largest absolute Gasteiger partial charge is 0.480 e. The maximum Gasteiger partial charge on any atom is 0.322 e. The van der Waals surface area contributed by atoms with Crippen LogP contribution in [0.2, 0.25) is 0 Å². The van der Waals surface area contributed by atoms with Gasteiger partial charge in [0.2, 0.25) is 0 Å². The van der Waals surface area contributed by atoms with Gasteiger partial charge in [-0.25, -0.2) is 4.39 Å². The van der Waals surface area contributed by atoms with Crippen LogP contribution < -0.4 is 10.6 Å². The third-order valence-corrected chi connectivity index (χ3v) is 6.03. The summed E-state index contributed by atoms with van der Waals surface area (Å²) in [5.74, 6) is -5.43. The van der Waals surface area contributed by atoms with Gasteiger partial charge in [0.15, 0.2) is 5.92 Å². The van der Waals surface area contributed by atoms with E-state index in [2.05, 4.69) is 20.8 Å². The first-order valence-electron chi connectivity index (χ1n) is 11.0. The Balaban J connectivity index is 1.30. The molecule has 1 amide bonds. The molecule has 10 nitrogen and oxygen atoms in total. The number of anilines is 2. The van der Waals surface area contributed by atoms with Crippen LogP contribution in [0, 0.1) is 5.82 Å². The summed E-state index contributed by atoms with van der Waals surface area (Å²) in [6.45, 7) is 0. The number of para-hydroxylation sites is 1. The SMILES string of the molecule is O=C(NC1CCC(c2ccc(C(C(=O)O)C(=O)O)cc2)CC1)c1nnc(Nc2ccccc2F)o1. The topological polar surface area (TPSA) is 155 Å². The van der Waals surface area contributed by atoms with Crippen LogP contribution in [-0.2, 0) is 9.59 Å². The van der Waals surface area contributed by atoms with E-state index in [9.17, 15) is 18.8 Å². The smallest absolute Gasteiger partial charge is 0.322 e. The van der Waals surface area contributed by atoms with Gasteiger partial charge in [-0.2, -0.15) is 0 Å². The van der Waals surface area contributed by atoms with E-state index >= 15 is 0 Å². The second-order valence-electron chi connectivity index (χ2n) is 8.32. The number of halogens is 1. The first kappa shape index (κ1) is 23.9. The monoisotopic (exact) mass is 482 g/mol. The van der Waals surface area contributed by atoms with Crippen molar-refractivity contribution in [3.05, 3.63) is 71.4 Å². The number of hydrogen-bond acceptors (Lipinski definition) is 7. The Labute approximate surface area is 199 Å². The summed E-state index contributed by atoms with van der Waals surface area (Å²) >= 11 is 0. The predicted molar refractivity (Wildman–Crippen MR) is 121 cm³/mol. The van der Waals surface area contributed by atoms with Crippen molar-refractivity contribution in [3.8, 4) is 0 Å². The number of carboxylic acids is 2. The molecule has 3 aromatic rings. The lowest BCUT2D eigenvalue weighted by molar-refractivity contribution is -0.150. The Morgan fingerprint density at radius 1 is 0.943 bits per heavy atom. The summed E-state index contributed by atoms with van der Waals surface area (Å²) in [7, 11) is 0. The average molecular weight is 482 g/mol. The summed E-state index contributed by atoms with van der Waals surface area (Å²) in [5, 5.41) is 31.2. The standard InChI is InChI=1S/C24H23FN4O6/c25-17-3-1-2-4-18(17)27-24-29-28-21(35-24)20(30)26-16-11-9-14(10-12-16)13-5-7-15(8-6-13)19(22(31)32)23(33)34/h1-8,14,16,19H,9-12H2,(H,26,30)(H,27,29)(H,31,32)(H,33,34). The highest BCUT2D eigenvalue weighted by atomic mass is 19.1. The lowest BCUT2D eigenvalue weighted by atomic mass is 9.81. The number of benzene rings is 2. The van der Waals surface area contributed by atoms with Gasteiger partial charge in [0, 0.05) is 6.04 Å². The Morgan fingerprint density at radius 2 is 1.60 bits per heavy atom. The first-order chi connectivity index (χ1) is 16.8. The van der Waals surface area contributed by atoms with Gasteiger partial charge in [-0.15, -0.1) is 5.10 Å². The second kappa shape index (κ2) is 10.3. The summed E-state index contributed by atoms with van der Waals surface area (Å²) in [5.41, 5.74) is 1.36. The minimum atomic E-state index is -1.60. The Kier molecular flexibility index (Phi) is 7.04. The predicted octanol–water partition coefficient (Wildman–Crippen LogP) is 3.66. The number of amides is 1. The molecule has 1 aromatic heterocycles. The summed E-state index contributed by atoms with van der Waals surface area (Å²) in [6, 6.07) is 12.4. The van der Waals surface area contributed by atoms with Crippen molar-refractivity contribution >= 4 is 29.5 Å². The number of carbonyl (C=O) groups excluding carboxylic acids is 1. The molecule has 0 aliphatic heterocycles. The molecule has 0 saturated heterocycles. The molecule has 1 fully saturated rings. The normalized spacial score (nSPS) is 17.7. The highest BCUT2D eigenvalue weighted by Crippen LogP contribution is 2.33. The molecule has 0 unspecified atom stereocenters. The zero-order valence-corrected chi connectivity index (χ0v) is 18.5. The molecule has 0 spiro atoms. The van der Waals surface area contributed by atoms with Crippen LogP contribution in [0.5, 0.6) is 0 Å². The quantitative estimate of drug-likeness (QED) is 0.352. The number of nitrogens with one attached hydrogen (secondary N) is 2. The van der Waals surface area contributed by atoms with Crippen molar-refractivity contribution in [2.45, 2.75) is 43.6 Å². The minimum Gasteiger partial charge on any atom is -0.480 e. The maximum absolute atomic E-state index is 13.7. The van der Waals surface area contributed by atoms with E-state index in [1.165, 1.54) is 12.1 Å². The van der Waals surface area contributed by atoms with E-state index in [4.69, 9.17) is 14.6 Å². The molecule has 11 heteroatoms. The number of aliphatic carboxylic acids is 2. The van der Waals surface area contributed by atoms with E-state index in [-0.39, 0.29) is 35.1 Å². The Bertz CT molecular complexity index is 1210. The summed E-state index contributed by atoms with van der Waals surface area (Å²) in [6.07, 6.45) is 2.99. The van der Waals surface area contributed by atoms with Crippen LogP contribution in [0.25, 0.3) is 0 Å². The molecule has 4 N–H and O–H groups in total. The van der Waals surface area contributed by atoms with Crippen molar-refractivity contribution in [3.63, 3.8) is 0 Å². The molecule has 1 aliphatic rings. The van der Waals surface area contributed by atoms with Crippen LogP contribution in [0.4, 0.5) is 16.1 Å². The molecule has 1 saturated carbocycles. The molecule has 35 heavy (non-hydrogen) atoms. The highest BCUT2D eigenvalue weighted by molar-refractivity contribution is 5.99. The molecule has 1 heterocycles. The van der Waals surface area contributed by atoms with Crippen molar-refractivity contribution in [2.24, 2.45) is 0 Å². The fraction of sp³-hybridized carbons (Fsp3) is 0.292. The average Bonchev–Trinajstić information content (AvgIpc) is 3.30. The van der Waals surface area contributed by atoms with E-state index in [1.54, 1.807) is 36.4 Å². The van der Waals surface area contributed by atoms with Gasteiger partial charge in [-0.05, 0) is 54.9 Å². The Morgan fingerprint density at radius 3 is 2.23 bits per heavy atom.